The van der Waals surface area contributed by atoms with E-state index in [1.54, 1.807) is 24.3 Å². The van der Waals surface area contributed by atoms with Crippen molar-refractivity contribution in [3.05, 3.63) is 126 Å². The zero-order valence-corrected chi connectivity index (χ0v) is 18.4. The van der Waals surface area contributed by atoms with Crippen LogP contribution in [0.5, 0.6) is 0 Å². The molecule has 1 aliphatic heterocycles. The highest BCUT2D eigenvalue weighted by Crippen LogP contribution is 2.34. The minimum Gasteiger partial charge on any atom is -0.274 e. The standard InChI is InChI=1S/C28H22NO2P/c30-27-24-16-8-9-17-25(24)28(31)29(27)20-19-21-11-7-10-18-26(21)32(22-12-3-1-4-13-22)23-14-5-2-6-15-23/h1-18H,19-20H2. The van der Waals surface area contributed by atoms with Gasteiger partial charge in [0.25, 0.3) is 11.8 Å². The van der Waals surface area contributed by atoms with E-state index in [9.17, 15) is 9.59 Å². The van der Waals surface area contributed by atoms with Crippen LogP contribution < -0.4 is 15.9 Å². The predicted octanol–water partition coefficient (Wildman–Crippen LogP) is 4.28. The summed E-state index contributed by atoms with van der Waals surface area (Å²) in [5.74, 6) is -0.395. The molecule has 1 aliphatic rings. The van der Waals surface area contributed by atoms with E-state index in [0.717, 1.165) is 0 Å². The maximum atomic E-state index is 12.8. The number of carbonyl (C=O) groups excluding carboxylic acids is 2. The van der Waals surface area contributed by atoms with Crippen LogP contribution in [0.4, 0.5) is 0 Å². The monoisotopic (exact) mass is 435 g/mol. The van der Waals surface area contributed by atoms with Crippen LogP contribution in [0.2, 0.25) is 0 Å². The quantitative estimate of drug-likeness (QED) is 0.335. The van der Waals surface area contributed by atoms with Crippen LogP contribution in [0.3, 0.4) is 0 Å². The Morgan fingerprint density at radius 3 is 1.59 bits per heavy atom. The molecule has 3 nitrogen and oxygen atoms in total. The lowest BCUT2D eigenvalue weighted by molar-refractivity contribution is 0.0656. The lowest BCUT2D eigenvalue weighted by atomic mass is 10.1. The van der Waals surface area contributed by atoms with Gasteiger partial charge < -0.3 is 0 Å². The van der Waals surface area contributed by atoms with Gasteiger partial charge in [-0.15, -0.1) is 0 Å². The SMILES string of the molecule is O=C1c2ccccc2C(=O)N1CCc1ccccc1P(c1ccccc1)c1ccccc1. The first-order valence-corrected chi connectivity index (χ1v) is 12.0. The van der Waals surface area contributed by atoms with Crippen molar-refractivity contribution in [2.24, 2.45) is 0 Å². The van der Waals surface area contributed by atoms with Crippen molar-refractivity contribution >= 4 is 35.6 Å². The smallest absolute Gasteiger partial charge is 0.261 e. The molecule has 0 saturated heterocycles. The third-order valence-electron chi connectivity index (χ3n) is 5.74. The molecule has 0 bridgehead atoms. The number of amides is 2. The van der Waals surface area contributed by atoms with Gasteiger partial charge in [0.05, 0.1) is 11.1 Å². The zero-order chi connectivity index (χ0) is 21.9. The normalized spacial score (nSPS) is 13.0. The molecule has 2 amide bonds. The van der Waals surface area contributed by atoms with Gasteiger partial charge in [-0.2, -0.15) is 0 Å². The molecular formula is C28H22NO2P. The lowest BCUT2D eigenvalue weighted by Gasteiger charge is -2.23. The van der Waals surface area contributed by atoms with Crippen LogP contribution >= 0.6 is 7.92 Å². The Morgan fingerprint density at radius 2 is 1.03 bits per heavy atom. The molecule has 4 heteroatoms. The highest BCUT2D eigenvalue weighted by Gasteiger charge is 2.34. The van der Waals surface area contributed by atoms with E-state index in [0.29, 0.717) is 24.1 Å². The van der Waals surface area contributed by atoms with E-state index < -0.39 is 7.92 Å². The van der Waals surface area contributed by atoms with E-state index in [2.05, 4.69) is 66.7 Å². The van der Waals surface area contributed by atoms with Gasteiger partial charge in [-0.25, -0.2) is 0 Å². The summed E-state index contributed by atoms with van der Waals surface area (Å²) in [7, 11) is -0.748. The van der Waals surface area contributed by atoms with Crippen molar-refractivity contribution in [1.29, 1.82) is 0 Å². The van der Waals surface area contributed by atoms with Crippen molar-refractivity contribution < 1.29 is 9.59 Å². The highest BCUT2D eigenvalue weighted by molar-refractivity contribution is 7.79. The molecule has 1 heterocycles. The molecule has 0 aromatic heterocycles. The maximum absolute atomic E-state index is 12.8. The molecular weight excluding hydrogens is 413 g/mol. The Morgan fingerprint density at radius 1 is 0.562 bits per heavy atom. The molecule has 5 rings (SSSR count). The Hall–Kier alpha value is -3.55. The van der Waals surface area contributed by atoms with Crippen LogP contribution in [0, 0.1) is 0 Å². The van der Waals surface area contributed by atoms with Crippen LogP contribution in [0.15, 0.2) is 109 Å². The van der Waals surface area contributed by atoms with Crippen molar-refractivity contribution in [2.45, 2.75) is 6.42 Å². The van der Waals surface area contributed by atoms with Crippen LogP contribution in [0.1, 0.15) is 26.3 Å². The Bertz CT molecular complexity index is 1200. The van der Waals surface area contributed by atoms with Gasteiger partial charge in [0, 0.05) is 6.54 Å². The summed E-state index contributed by atoms with van der Waals surface area (Å²) in [6.45, 7) is 0.371. The zero-order valence-electron chi connectivity index (χ0n) is 17.5. The second-order valence-electron chi connectivity index (χ2n) is 7.69. The molecule has 0 N–H and O–H groups in total. The summed E-state index contributed by atoms with van der Waals surface area (Å²) < 4.78 is 0. The lowest BCUT2D eigenvalue weighted by Crippen LogP contribution is -2.33. The van der Waals surface area contributed by atoms with Gasteiger partial charge in [0.2, 0.25) is 0 Å². The first-order chi connectivity index (χ1) is 15.7. The minimum atomic E-state index is -0.748. The number of fused-ring (bicyclic) bond motifs is 1. The predicted molar refractivity (Wildman–Crippen MR) is 131 cm³/mol. The number of carbonyl (C=O) groups is 2. The number of hydrogen-bond acceptors (Lipinski definition) is 2. The fourth-order valence-electron chi connectivity index (χ4n) is 4.20. The summed E-state index contributed by atoms with van der Waals surface area (Å²) in [4.78, 5) is 27.0. The van der Waals surface area contributed by atoms with Gasteiger partial charge in [0.15, 0.2) is 0 Å². The average molecular weight is 435 g/mol. The molecule has 32 heavy (non-hydrogen) atoms. The summed E-state index contributed by atoms with van der Waals surface area (Å²) in [6, 6.07) is 36.6. The van der Waals surface area contributed by atoms with E-state index >= 15 is 0 Å². The molecule has 4 aromatic carbocycles. The van der Waals surface area contributed by atoms with Crippen molar-refractivity contribution in [3.8, 4) is 0 Å². The Balaban J connectivity index is 1.47. The number of benzene rings is 4. The van der Waals surface area contributed by atoms with Gasteiger partial charge in [-0.05, 0) is 48.0 Å². The third-order valence-corrected chi connectivity index (χ3v) is 8.29. The minimum absolute atomic E-state index is 0.198. The second-order valence-corrected chi connectivity index (χ2v) is 9.88. The van der Waals surface area contributed by atoms with E-state index in [4.69, 9.17) is 0 Å². The first-order valence-electron chi connectivity index (χ1n) is 10.7. The Labute approximate surface area is 189 Å². The van der Waals surface area contributed by atoms with Crippen molar-refractivity contribution in [3.63, 3.8) is 0 Å². The first kappa shape index (κ1) is 20.4. The Kier molecular flexibility index (Phi) is 5.66. The maximum Gasteiger partial charge on any atom is 0.261 e. The fourth-order valence-corrected chi connectivity index (χ4v) is 6.70. The van der Waals surface area contributed by atoms with E-state index in [1.807, 2.05) is 18.2 Å². The molecule has 156 valence electrons. The summed E-state index contributed by atoms with van der Waals surface area (Å²) >= 11 is 0. The second kappa shape index (κ2) is 8.90. The molecule has 0 radical (unpaired) electrons. The summed E-state index contributed by atoms with van der Waals surface area (Å²) in [5.41, 5.74) is 2.17. The molecule has 0 atom stereocenters. The van der Waals surface area contributed by atoms with Crippen molar-refractivity contribution in [1.82, 2.24) is 4.90 Å². The molecule has 0 aliphatic carbocycles. The van der Waals surface area contributed by atoms with Gasteiger partial charge in [-0.3, -0.25) is 14.5 Å². The topological polar surface area (TPSA) is 37.4 Å². The number of rotatable bonds is 6. The summed E-state index contributed by atoms with van der Waals surface area (Å²) in [6.07, 6.45) is 0.625. The molecule has 0 unspecified atom stereocenters. The molecule has 0 fully saturated rings. The van der Waals surface area contributed by atoms with Crippen LogP contribution in [0.25, 0.3) is 0 Å². The summed E-state index contributed by atoms with van der Waals surface area (Å²) in [5, 5.41) is 3.82. The van der Waals surface area contributed by atoms with E-state index in [1.165, 1.54) is 26.4 Å². The number of imide groups is 1. The van der Waals surface area contributed by atoms with Crippen molar-refractivity contribution in [2.75, 3.05) is 6.54 Å². The van der Waals surface area contributed by atoms with Crippen LogP contribution in [-0.4, -0.2) is 23.3 Å². The van der Waals surface area contributed by atoms with Gasteiger partial charge in [0.1, 0.15) is 0 Å². The van der Waals surface area contributed by atoms with Gasteiger partial charge >= 0.3 is 0 Å². The third kappa shape index (κ3) is 3.77. The number of hydrogen-bond donors (Lipinski definition) is 0. The molecule has 0 spiro atoms. The molecule has 0 saturated carbocycles. The largest absolute Gasteiger partial charge is 0.274 e. The van der Waals surface area contributed by atoms with Gasteiger partial charge in [-0.1, -0.05) is 97.1 Å². The van der Waals surface area contributed by atoms with Crippen LogP contribution in [-0.2, 0) is 6.42 Å². The average Bonchev–Trinajstić information content (AvgIpc) is 3.10. The number of nitrogens with zero attached hydrogens (tertiary/aromatic N) is 1. The van der Waals surface area contributed by atoms with E-state index in [-0.39, 0.29) is 11.8 Å². The fraction of sp³-hybridized carbons (Fsp3) is 0.0714. The highest BCUT2D eigenvalue weighted by atomic mass is 31.1. The molecule has 4 aromatic rings.